The number of aryl methyl sites for hydroxylation is 2. The molecule has 0 aliphatic heterocycles. The molecule has 0 saturated carbocycles. The van der Waals surface area contributed by atoms with Gasteiger partial charge in [-0.05, 0) is 52.5 Å². The molecule has 3 rings (SSSR count). The molecule has 0 bridgehead atoms. The maximum absolute atomic E-state index is 13.0. The Kier molecular flexibility index (Phi) is 4.25. The van der Waals surface area contributed by atoms with E-state index in [1.54, 1.807) is 13.0 Å². The molecular formula is C18H13BrF3N2. The highest BCUT2D eigenvalue weighted by Gasteiger charge is 2.35. The van der Waals surface area contributed by atoms with Crippen molar-refractivity contribution in [3.8, 4) is 16.8 Å². The molecular weight excluding hydrogens is 381 g/mol. The summed E-state index contributed by atoms with van der Waals surface area (Å²) in [5.74, 6) is 0. The first-order valence-electron chi connectivity index (χ1n) is 7.19. The van der Waals surface area contributed by atoms with Crippen LogP contribution in [0.3, 0.4) is 0 Å². The van der Waals surface area contributed by atoms with Crippen molar-refractivity contribution in [3.63, 3.8) is 0 Å². The second kappa shape index (κ2) is 6.09. The SMILES string of the molecule is Cc1[c]ccc(-c2ccccc2C)c1-n1nc(C(F)(F)F)cc1Br. The lowest BCUT2D eigenvalue weighted by molar-refractivity contribution is -0.141. The standard InChI is InChI=1S/C18H13BrF3N2/c1-11-6-3-4-8-13(11)14-9-5-7-12(2)17(14)24-16(19)10-15(23-24)18(20,21)22/h3-6,8-10H,1-2H3. The lowest BCUT2D eigenvalue weighted by atomic mass is 9.97. The first kappa shape index (κ1) is 16.8. The Balaban J connectivity index is 2.27. The quantitative estimate of drug-likeness (QED) is 0.542. The molecule has 2 nitrogen and oxygen atoms in total. The Hall–Kier alpha value is -2.08. The molecule has 3 aromatic rings. The third-order valence-corrected chi connectivity index (χ3v) is 4.33. The molecule has 0 aliphatic carbocycles. The second-order valence-electron chi connectivity index (χ2n) is 5.44. The van der Waals surface area contributed by atoms with E-state index in [9.17, 15) is 13.2 Å². The zero-order valence-corrected chi connectivity index (χ0v) is 14.5. The molecule has 0 fully saturated rings. The summed E-state index contributed by atoms with van der Waals surface area (Å²) < 4.78 is 40.5. The van der Waals surface area contributed by atoms with E-state index in [1.165, 1.54) is 4.68 Å². The zero-order chi connectivity index (χ0) is 17.5. The van der Waals surface area contributed by atoms with Crippen LogP contribution in [0.15, 0.2) is 47.1 Å². The number of alkyl halides is 3. The molecule has 1 aromatic heterocycles. The first-order valence-corrected chi connectivity index (χ1v) is 7.99. The minimum Gasteiger partial charge on any atom is -0.225 e. The van der Waals surface area contributed by atoms with Crippen LogP contribution in [0, 0.1) is 19.9 Å². The smallest absolute Gasteiger partial charge is 0.225 e. The minimum absolute atomic E-state index is 0.243. The van der Waals surface area contributed by atoms with Gasteiger partial charge in [0.15, 0.2) is 5.69 Å². The van der Waals surface area contributed by atoms with Gasteiger partial charge in [0.25, 0.3) is 0 Å². The summed E-state index contributed by atoms with van der Waals surface area (Å²) in [5.41, 5.74) is 3.14. The van der Waals surface area contributed by atoms with Crippen LogP contribution in [0.5, 0.6) is 0 Å². The average Bonchev–Trinajstić information content (AvgIpc) is 2.89. The molecule has 1 radical (unpaired) electrons. The van der Waals surface area contributed by atoms with Crippen LogP contribution in [0.4, 0.5) is 13.2 Å². The van der Waals surface area contributed by atoms with E-state index in [0.717, 1.165) is 22.8 Å². The van der Waals surface area contributed by atoms with Crippen molar-refractivity contribution >= 4 is 15.9 Å². The van der Waals surface area contributed by atoms with Gasteiger partial charge in [-0.25, -0.2) is 4.68 Å². The summed E-state index contributed by atoms with van der Waals surface area (Å²) in [6.45, 7) is 3.77. The summed E-state index contributed by atoms with van der Waals surface area (Å²) >= 11 is 3.19. The van der Waals surface area contributed by atoms with Gasteiger partial charge in [-0.1, -0.05) is 36.4 Å². The summed E-state index contributed by atoms with van der Waals surface area (Å²) in [7, 11) is 0. The van der Waals surface area contributed by atoms with Gasteiger partial charge in [-0.2, -0.15) is 18.3 Å². The number of benzene rings is 2. The first-order chi connectivity index (χ1) is 11.3. The number of hydrogen-bond acceptors (Lipinski definition) is 1. The van der Waals surface area contributed by atoms with Crippen molar-refractivity contribution < 1.29 is 13.2 Å². The Labute approximate surface area is 146 Å². The monoisotopic (exact) mass is 393 g/mol. The Morgan fingerprint density at radius 3 is 2.42 bits per heavy atom. The second-order valence-corrected chi connectivity index (χ2v) is 6.25. The van der Waals surface area contributed by atoms with Crippen LogP contribution in [0.1, 0.15) is 16.8 Å². The van der Waals surface area contributed by atoms with Crippen molar-refractivity contribution in [2.75, 3.05) is 0 Å². The number of aromatic nitrogens is 2. The molecule has 0 saturated heterocycles. The van der Waals surface area contributed by atoms with E-state index in [4.69, 9.17) is 0 Å². The van der Waals surface area contributed by atoms with Gasteiger partial charge in [-0.15, -0.1) is 0 Å². The van der Waals surface area contributed by atoms with Crippen LogP contribution in [-0.2, 0) is 6.18 Å². The predicted octanol–water partition coefficient (Wildman–Crippen LogP) is 5.74. The Morgan fingerprint density at radius 2 is 1.79 bits per heavy atom. The summed E-state index contributed by atoms with van der Waals surface area (Å²) in [6, 6.07) is 15.4. The van der Waals surface area contributed by atoms with E-state index < -0.39 is 11.9 Å². The van der Waals surface area contributed by atoms with Gasteiger partial charge in [-0.3, -0.25) is 0 Å². The molecule has 0 aliphatic rings. The highest BCUT2D eigenvalue weighted by molar-refractivity contribution is 9.10. The number of nitrogens with zero attached hydrogens (tertiary/aromatic N) is 2. The summed E-state index contributed by atoms with van der Waals surface area (Å²) in [6.07, 6.45) is -4.50. The number of hydrogen-bond donors (Lipinski definition) is 0. The molecule has 1 heterocycles. The molecule has 6 heteroatoms. The fourth-order valence-electron chi connectivity index (χ4n) is 2.62. The lowest BCUT2D eigenvalue weighted by Crippen LogP contribution is -2.08. The third-order valence-electron chi connectivity index (χ3n) is 3.76. The van der Waals surface area contributed by atoms with E-state index in [-0.39, 0.29) is 4.60 Å². The molecule has 0 spiro atoms. The number of rotatable bonds is 2. The molecule has 0 unspecified atom stereocenters. The highest BCUT2D eigenvalue weighted by atomic mass is 79.9. The molecule has 24 heavy (non-hydrogen) atoms. The summed E-state index contributed by atoms with van der Waals surface area (Å²) in [4.78, 5) is 0. The average molecular weight is 394 g/mol. The van der Waals surface area contributed by atoms with E-state index >= 15 is 0 Å². The van der Waals surface area contributed by atoms with Crippen molar-refractivity contribution in [1.82, 2.24) is 9.78 Å². The fraction of sp³-hybridized carbons (Fsp3) is 0.167. The van der Waals surface area contributed by atoms with E-state index in [1.807, 2.05) is 37.3 Å². The van der Waals surface area contributed by atoms with Crippen molar-refractivity contribution in [2.45, 2.75) is 20.0 Å². The van der Waals surface area contributed by atoms with Gasteiger partial charge in [0.05, 0.1) is 5.69 Å². The fourth-order valence-corrected chi connectivity index (χ4v) is 3.09. The Bertz CT molecular complexity index is 898. The van der Waals surface area contributed by atoms with Crippen LogP contribution >= 0.6 is 15.9 Å². The minimum atomic E-state index is -4.50. The van der Waals surface area contributed by atoms with Crippen molar-refractivity contribution in [1.29, 1.82) is 0 Å². The van der Waals surface area contributed by atoms with Gasteiger partial charge in [0.2, 0.25) is 0 Å². The maximum Gasteiger partial charge on any atom is 0.435 e. The van der Waals surface area contributed by atoms with Gasteiger partial charge in [0.1, 0.15) is 4.60 Å². The van der Waals surface area contributed by atoms with Crippen LogP contribution < -0.4 is 0 Å². The third kappa shape index (κ3) is 2.98. The molecule has 0 atom stereocenters. The van der Waals surface area contributed by atoms with Crippen LogP contribution in [-0.4, -0.2) is 9.78 Å². The zero-order valence-electron chi connectivity index (χ0n) is 12.9. The van der Waals surface area contributed by atoms with Crippen LogP contribution in [0.25, 0.3) is 16.8 Å². The van der Waals surface area contributed by atoms with Gasteiger partial charge < -0.3 is 0 Å². The molecule has 123 valence electrons. The van der Waals surface area contributed by atoms with Gasteiger partial charge >= 0.3 is 6.18 Å². The summed E-state index contributed by atoms with van der Waals surface area (Å²) in [5, 5.41) is 3.75. The maximum atomic E-state index is 13.0. The van der Waals surface area contributed by atoms with Gasteiger partial charge in [0, 0.05) is 11.6 Å². The topological polar surface area (TPSA) is 17.8 Å². The van der Waals surface area contributed by atoms with E-state index in [2.05, 4.69) is 27.1 Å². The van der Waals surface area contributed by atoms with Crippen LogP contribution in [0.2, 0.25) is 0 Å². The number of halogens is 4. The molecule has 0 amide bonds. The van der Waals surface area contributed by atoms with Crippen molar-refractivity contribution in [2.24, 2.45) is 0 Å². The Morgan fingerprint density at radius 1 is 1.08 bits per heavy atom. The largest absolute Gasteiger partial charge is 0.435 e. The highest BCUT2D eigenvalue weighted by Crippen LogP contribution is 2.36. The predicted molar refractivity (Wildman–Crippen MR) is 90.0 cm³/mol. The van der Waals surface area contributed by atoms with E-state index in [0.29, 0.717) is 11.3 Å². The normalized spacial score (nSPS) is 11.8. The van der Waals surface area contributed by atoms with Crippen molar-refractivity contribution in [3.05, 3.63) is 70.0 Å². The molecule has 2 aromatic carbocycles. The molecule has 0 N–H and O–H groups in total. The lowest BCUT2D eigenvalue weighted by Gasteiger charge is -2.15.